The first-order valence-electron chi connectivity index (χ1n) is 8.78. The fourth-order valence-corrected chi connectivity index (χ4v) is 3.74. The molecule has 1 aromatic carbocycles. The van der Waals surface area contributed by atoms with Crippen molar-refractivity contribution in [1.82, 2.24) is 9.88 Å². The number of rotatable bonds is 2. The first kappa shape index (κ1) is 15.4. The molecule has 0 spiro atoms. The van der Waals surface area contributed by atoms with Gasteiger partial charge in [0.25, 0.3) is 0 Å². The van der Waals surface area contributed by atoms with Crippen molar-refractivity contribution in [2.24, 2.45) is 5.92 Å². The fraction of sp³-hybridized carbons (Fsp3) is 0.474. The molecule has 0 bridgehead atoms. The number of amides is 1. The van der Waals surface area contributed by atoms with Gasteiger partial charge in [-0.2, -0.15) is 0 Å². The van der Waals surface area contributed by atoms with E-state index < -0.39 is 0 Å². The number of piperidine rings is 1. The van der Waals surface area contributed by atoms with Gasteiger partial charge in [-0.15, -0.1) is 0 Å². The molecule has 0 N–H and O–H groups in total. The van der Waals surface area contributed by atoms with Gasteiger partial charge in [-0.3, -0.25) is 4.79 Å². The number of aromatic nitrogens is 1. The quantitative estimate of drug-likeness (QED) is 0.850. The number of morpholine rings is 1. The molecule has 4 rings (SSSR count). The van der Waals surface area contributed by atoms with Crippen LogP contribution in [-0.4, -0.2) is 55.2 Å². The van der Waals surface area contributed by atoms with E-state index in [-0.39, 0.29) is 5.92 Å². The minimum Gasteiger partial charge on any atom is -0.378 e. The number of carbonyl (C=O) groups is 1. The van der Waals surface area contributed by atoms with Crippen LogP contribution >= 0.6 is 0 Å². The Labute approximate surface area is 142 Å². The Balaban J connectivity index is 1.45. The highest BCUT2D eigenvalue weighted by atomic mass is 16.5. The Hall–Kier alpha value is -2.14. The first-order chi connectivity index (χ1) is 11.8. The number of hydrogen-bond acceptors (Lipinski definition) is 4. The maximum absolute atomic E-state index is 12.6. The highest BCUT2D eigenvalue weighted by molar-refractivity contribution is 5.92. The average Bonchev–Trinajstić information content (AvgIpc) is 2.68. The molecule has 0 aliphatic carbocycles. The summed E-state index contributed by atoms with van der Waals surface area (Å²) < 4.78 is 5.34. The summed E-state index contributed by atoms with van der Waals surface area (Å²) in [6, 6.07) is 10.4. The van der Waals surface area contributed by atoms with Crippen LogP contribution in [0.5, 0.6) is 0 Å². The highest BCUT2D eigenvalue weighted by Crippen LogP contribution is 2.29. The van der Waals surface area contributed by atoms with Gasteiger partial charge in [0, 0.05) is 43.7 Å². The Bertz CT molecular complexity index is 714. The van der Waals surface area contributed by atoms with Gasteiger partial charge < -0.3 is 14.5 Å². The molecule has 0 radical (unpaired) electrons. The minimum absolute atomic E-state index is 0.148. The molecule has 5 heteroatoms. The SMILES string of the molecule is O=C(C1CCN(c2nccc3ccccc23)CC1)N1CCOCC1. The van der Waals surface area contributed by atoms with Crippen LogP contribution in [0.2, 0.25) is 0 Å². The van der Waals surface area contributed by atoms with E-state index in [9.17, 15) is 4.79 Å². The summed E-state index contributed by atoms with van der Waals surface area (Å²) in [6.45, 7) is 4.60. The molecule has 2 saturated heterocycles. The Morgan fingerprint density at radius 3 is 2.58 bits per heavy atom. The standard InChI is InChI=1S/C19H23N3O2/c23-19(22-11-13-24-14-12-22)16-6-9-21(10-7-16)18-17-4-2-1-3-15(17)5-8-20-18/h1-5,8,16H,6-7,9-14H2. The smallest absolute Gasteiger partial charge is 0.225 e. The molecule has 1 amide bonds. The minimum atomic E-state index is 0.148. The van der Waals surface area contributed by atoms with Crippen molar-refractivity contribution in [1.29, 1.82) is 0 Å². The lowest BCUT2D eigenvalue weighted by Gasteiger charge is -2.36. The number of benzene rings is 1. The molecule has 5 nitrogen and oxygen atoms in total. The topological polar surface area (TPSA) is 45.7 Å². The zero-order valence-corrected chi connectivity index (χ0v) is 13.9. The molecule has 0 atom stereocenters. The first-order valence-corrected chi connectivity index (χ1v) is 8.78. The molecule has 126 valence electrons. The third-order valence-corrected chi connectivity index (χ3v) is 5.12. The van der Waals surface area contributed by atoms with Crippen molar-refractivity contribution in [3.8, 4) is 0 Å². The van der Waals surface area contributed by atoms with Crippen LogP contribution in [0.15, 0.2) is 36.5 Å². The van der Waals surface area contributed by atoms with Gasteiger partial charge in [0.2, 0.25) is 5.91 Å². The molecule has 2 fully saturated rings. The highest BCUT2D eigenvalue weighted by Gasteiger charge is 2.30. The van der Waals surface area contributed by atoms with Crippen molar-refractivity contribution in [3.05, 3.63) is 36.5 Å². The van der Waals surface area contributed by atoms with Crippen LogP contribution in [0.3, 0.4) is 0 Å². The summed E-state index contributed by atoms with van der Waals surface area (Å²) in [4.78, 5) is 21.5. The van der Waals surface area contributed by atoms with Crippen molar-refractivity contribution in [3.63, 3.8) is 0 Å². The maximum atomic E-state index is 12.6. The normalized spacial score (nSPS) is 19.7. The maximum Gasteiger partial charge on any atom is 0.225 e. The Morgan fingerprint density at radius 2 is 1.79 bits per heavy atom. The zero-order valence-electron chi connectivity index (χ0n) is 13.9. The lowest BCUT2D eigenvalue weighted by molar-refractivity contribution is -0.140. The van der Waals surface area contributed by atoms with Crippen LogP contribution in [0.4, 0.5) is 5.82 Å². The number of pyridine rings is 1. The van der Waals surface area contributed by atoms with Crippen LogP contribution in [0.1, 0.15) is 12.8 Å². The lowest BCUT2D eigenvalue weighted by Crippen LogP contribution is -2.47. The van der Waals surface area contributed by atoms with Crippen molar-refractivity contribution >= 4 is 22.5 Å². The molecule has 3 heterocycles. The van der Waals surface area contributed by atoms with Gasteiger partial charge in [-0.25, -0.2) is 4.98 Å². The Kier molecular flexibility index (Phi) is 4.34. The fourth-order valence-electron chi connectivity index (χ4n) is 3.74. The van der Waals surface area contributed by atoms with E-state index in [1.54, 1.807) is 0 Å². The van der Waals surface area contributed by atoms with Gasteiger partial charge in [0.15, 0.2) is 0 Å². The number of fused-ring (bicyclic) bond motifs is 1. The number of ether oxygens (including phenoxy) is 1. The lowest BCUT2D eigenvalue weighted by atomic mass is 9.94. The summed E-state index contributed by atoms with van der Waals surface area (Å²) >= 11 is 0. The van der Waals surface area contributed by atoms with Crippen molar-refractivity contribution < 1.29 is 9.53 Å². The van der Waals surface area contributed by atoms with Gasteiger partial charge in [0.05, 0.1) is 13.2 Å². The third kappa shape index (κ3) is 2.96. The second kappa shape index (κ2) is 6.77. The monoisotopic (exact) mass is 325 g/mol. The molecular formula is C19H23N3O2. The summed E-state index contributed by atoms with van der Waals surface area (Å²) in [5.41, 5.74) is 0. The van der Waals surface area contributed by atoms with E-state index in [1.165, 1.54) is 10.8 Å². The zero-order chi connectivity index (χ0) is 16.4. The second-order valence-corrected chi connectivity index (χ2v) is 6.55. The molecule has 0 saturated carbocycles. The Morgan fingerprint density at radius 1 is 1.04 bits per heavy atom. The summed E-state index contributed by atoms with van der Waals surface area (Å²) in [5.74, 6) is 1.50. The van der Waals surface area contributed by atoms with Gasteiger partial charge in [-0.1, -0.05) is 24.3 Å². The average molecular weight is 325 g/mol. The largest absolute Gasteiger partial charge is 0.378 e. The van der Waals surface area contributed by atoms with E-state index >= 15 is 0 Å². The predicted octanol–water partition coefficient (Wildman–Crippen LogP) is 2.31. The number of carbonyl (C=O) groups excluding carboxylic acids is 1. The van der Waals surface area contributed by atoms with Crippen LogP contribution in [-0.2, 0) is 9.53 Å². The van der Waals surface area contributed by atoms with Crippen LogP contribution in [0.25, 0.3) is 10.8 Å². The molecule has 24 heavy (non-hydrogen) atoms. The van der Waals surface area contributed by atoms with Crippen LogP contribution < -0.4 is 4.90 Å². The van der Waals surface area contributed by atoms with E-state index in [0.717, 1.165) is 44.8 Å². The summed E-state index contributed by atoms with van der Waals surface area (Å²) in [7, 11) is 0. The molecule has 2 aromatic rings. The van der Waals surface area contributed by atoms with Crippen molar-refractivity contribution in [2.75, 3.05) is 44.3 Å². The van der Waals surface area contributed by atoms with E-state index in [1.807, 2.05) is 17.2 Å². The predicted molar refractivity (Wildman–Crippen MR) is 94.1 cm³/mol. The molecule has 0 unspecified atom stereocenters. The van der Waals surface area contributed by atoms with Gasteiger partial charge in [-0.05, 0) is 24.3 Å². The number of anilines is 1. The molecule has 2 aliphatic rings. The second-order valence-electron chi connectivity index (χ2n) is 6.55. The van der Waals surface area contributed by atoms with Crippen molar-refractivity contribution in [2.45, 2.75) is 12.8 Å². The van der Waals surface area contributed by atoms with E-state index in [2.05, 4.69) is 34.1 Å². The van der Waals surface area contributed by atoms with E-state index in [4.69, 9.17) is 4.74 Å². The molecular weight excluding hydrogens is 302 g/mol. The van der Waals surface area contributed by atoms with Gasteiger partial charge >= 0.3 is 0 Å². The van der Waals surface area contributed by atoms with Crippen LogP contribution in [0, 0.1) is 5.92 Å². The number of nitrogens with zero attached hydrogens (tertiary/aromatic N) is 3. The number of hydrogen-bond donors (Lipinski definition) is 0. The van der Waals surface area contributed by atoms with Gasteiger partial charge in [0.1, 0.15) is 5.82 Å². The van der Waals surface area contributed by atoms with E-state index in [0.29, 0.717) is 19.1 Å². The molecule has 2 aliphatic heterocycles. The summed E-state index contributed by atoms with van der Waals surface area (Å²) in [5, 5.41) is 2.41. The third-order valence-electron chi connectivity index (χ3n) is 5.12. The summed E-state index contributed by atoms with van der Waals surface area (Å²) in [6.07, 6.45) is 3.69. The molecule has 1 aromatic heterocycles.